The lowest BCUT2D eigenvalue weighted by molar-refractivity contribution is 0.241. The Hall–Kier alpha value is -1.41. The van der Waals surface area contributed by atoms with Crippen molar-refractivity contribution in [3.05, 3.63) is 50.6 Å². The highest BCUT2D eigenvalue weighted by molar-refractivity contribution is 14.1. The fourth-order valence-corrected chi connectivity index (χ4v) is 2.70. The van der Waals surface area contributed by atoms with Gasteiger partial charge in [-0.3, -0.25) is 0 Å². The van der Waals surface area contributed by atoms with Gasteiger partial charge in [-0.2, -0.15) is 16.3 Å². The molecule has 0 aliphatic heterocycles. The maximum absolute atomic E-state index is 5.65. The third-order valence-electron chi connectivity index (χ3n) is 2.44. The minimum atomic E-state index is 0.275. The first-order valence-corrected chi connectivity index (χ1v) is 7.57. The lowest BCUT2D eigenvalue weighted by Gasteiger charge is -2.04. The van der Waals surface area contributed by atoms with Crippen LogP contribution in [0.4, 0.5) is 0 Å². The Balaban J connectivity index is 1.70. The van der Waals surface area contributed by atoms with Crippen LogP contribution in [0.25, 0.3) is 11.4 Å². The molecule has 19 heavy (non-hydrogen) atoms. The molecule has 0 bridgehead atoms. The van der Waals surface area contributed by atoms with Crippen LogP contribution in [-0.2, 0) is 6.61 Å². The number of para-hydroxylation sites is 1. The van der Waals surface area contributed by atoms with Crippen molar-refractivity contribution in [3.63, 3.8) is 0 Å². The van der Waals surface area contributed by atoms with Crippen LogP contribution in [0.2, 0.25) is 0 Å². The van der Waals surface area contributed by atoms with E-state index in [-0.39, 0.29) is 6.61 Å². The number of thiophene rings is 1. The molecule has 0 aliphatic carbocycles. The van der Waals surface area contributed by atoms with Crippen molar-refractivity contribution < 1.29 is 9.26 Å². The topological polar surface area (TPSA) is 48.2 Å². The summed E-state index contributed by atoms with van der Waals surface area (Å²) >= 11 is 3.83. The summed E-state index contributed by atoms with van der Waals surface area (Å²) in [6.45, 7) is 0.275. The lowest BCUT2D eigenvalue weighted by atomic mass is 10.3. The van der Waals surface area contributed by atoms with E-state index < -0.39 is 0 Å². The SMILES string of the molecule is Ic1ccccc1OCc1nc(-c2ccsc2)no1. The van der Waals surface area contributed by atoms with Crippen LogP contribution in [0, 0.1) is 3.57 Å². The highest BCUT2D eigenvalue weighted by Crippen LogP contribution is 2.22. The molecule has 2 heterocycles. The van der Waals surface area contributed by atoms with Gasteiger partial charge in [-0.25, -0.2) is 0 Å². The number of aromatic nitrogens is 2. The Morgan fingerprint density at radius 1 is 1.26 bits per heavy atom. The molecule has 0 aliphatic rings. The van der Waals surface area contributed by atoms with Crippen molar-refractivity contribution >= 4 is 33.9 Å². The number of benzene rings is 1. The summed E-state index contributed by atoms with van der Waals surface area (Å²) in [4.78, 5) is 4.30. The van der Waals surface area contributed by atoms with Crippen LogP contribution in [0.15, 0.2) is 45.6 Å². The maximum Gasteiger partial charge on any atom is 0.264 e. The van der Waals surface area contributed by atoms with E-state index >= 15 is 0 Å². The van der Waals surface area contributed by atoms with E-state index in [2.05, 4.69) is 32.7 Å². The highest BCUT2D eigenvalue weighted by Gasteiger charge is 2.10. The predicted octanol–water partition coefficient (Wildman–Crippen LogP) is 3.98. The van der Waals surface area contributed by atoms with Crippen LogP contribution < -0.4 is 4.74 Å². The van der Waals surface area contributed by atoms with Gasteiger partial charge in [-0.15, -0.1) is 0 Å². The molecule has 3 rings (SSSR count). The van der Waals surface area contributed by atoms with E-state index in [0.29, 0.717) is 11.7 Å². The van der Waals surface area contributed by atoms with Crippen LogP contribution >= 0.6 is 33.9 Å². The minimum absolute atomic E-state index is 0.275. The van der Waals surface area contributed by atoms with Crippen molar-refractivity contribution in [2.75, 3.05) is 0 Å². The van der Waals surface area contributed by atoms with Crippen molar-refractivity contribution in [3.8, 4) is 17.1 Å². The number of nitrogens with zero attached hydrogens (tertiary/aromatic N) is 2. The molecule has 0 radical (unpaired) electrons. The Morgan fingerprint density at radius 3 is 2.95 bits per heavy atom. The van der Waals surface area contributed by atoms with Crippen LogP contribution in [0.3, 0.4) is 0 Å². The molecular formula is C13H9IN2O2S. The lowest BCUT2D eigenvalue weighted by Crippen LogP contribution is -1.97. The van der Waals surface area contributed by atoms with E-state index in [0.717, 1.165) is 14.9 Å². The maximum atomic E-state index is 5.65. The Morgan fingerprint density at radius 2 is 2.16 bits per heavy atom. The van der Waals surface area contributed by atoms with Gasteiger partial charge in [0.05, 0.1) is 3.57 Å². The van der Waals surface area contributed by atoms with Gasteiger partial charge in [0, 0.05) is 10.9 Å². The molecular weight excluding hydrogens is 375 g/mol. The monoisotopic (exact) mass is 384 g/mol. The van der Waals surface area contributed by atoms with Crippen LogP contribution in [0.5, 0.6) is 5.75 Å². The van der Waals surface area contributed by atoms with Gasteiger partial charge in [0.25, 0.3) is 5.89 Å². The molecule has 96 valence electrons. The molecule has 0 N–H and O–H groups in total. The van der Waals surface area contributed by atoms with E-state index in [4.69, 9.17) is 9.26 Å². The standard InChI is InChI=1S/C13H9IN2O2S/c14-10-3-1-2-4-11(10)17-7-12-15-13(16-18-12)9-5-6-19-8-9/h1-6,8H,7H2. The number of rotatable bonds is 4. The molecule has 0 saturated heterocycles. The van der Waals surface area contributed by atoms with E-state index in [9.17, 15) is 0 Å². The van der Waals surface area contributed by atoms with E-state index in [1.54, 1.807) is 11.3 Å². The molecule has 4 nitrogen and oxygen atoms in total. The Labute approximate surface area is 127 Å². The highest BCUT2D eigenvalue weighted by atomic mass is 127. The molecule has 0 atom stereocenters. The molecule has 3 aromatic rings. The third-order valence-corrected chi connectivity index (χ3v) is 4.01. The molecule has 2 aromatic heterocycles. The summed E-state index contributed by atoms with van der Waals surface area (Å²) in [6, 6.07) is 9.76. The quantitative estimate of drug-likeness (QED) is 0.639. The summed E-state index contributed by atoms with van der Waals surface area (Å²) in [6.07, 6.45) is 0. The number of halogens is 1. The van der Waals surface area contributed by atoms with Crippen molar-refractivity contribution in [1.29, 1.82) is 0 Å². The number of hydrogen-bond donors (Lipinski definition) is 0. The van der Waals surface area contributed by atoms with Crippen molar-refractivity contribution in [1.82, 2.24) is 10.1 Å². The molecule has 6 heteroatoms. The fraction of sp³-hybridized carbons (Fsp3) is 0.0769. The average Bonchev–Trinajstić information content (AvgIpc) is 3.09. The van der Waals surface area contributed by atoms with Gasteiger partial charge in [0.2, 0.25) is 5.82 Å². The Kier molecular flexibility index (Phi) is 3.79. The first kappa shape index (κ1) is 12.6. The summed E-state index contributed by atoms with van der Waals surface area (Å²) in [5.41, 5.74) is 0.967. The second kappa shape index (κ2) is 5.70. The Bertz CT molecular complexity index is 667. The number of hydrogen-bond acceptors (Lipinski definition) is 5. The normalized spacial score (nSPS) is 10.6. The largest absolute Gasteiger partial charge is 0.483 e. The zero-order valence-corrected chi connectivity index (χ0v) is 12.7. The molecule has 0 unspecified atom stereocenters. The second-order valence-electron chi connectivity index (χ2n) is 3.74. The first-order chi connectivity index (χ1) is 9.33. The predicted molar refractivity (Wildman–Crippen MR) is 81.1 cm³/mol. The van der Waals surface area contributed by atoms with E-state index in [1.807, 2.05) is 41.1 Å². The minimum Gasteiger partial charge on any atom is -0.483 e. The van der Waals surface area contributed by atoms with Crippen LogP contribution in [-0.4, -0.2) is 10.1 Å². The summed E-state index contributed by atoms with van der Waals surface area (Å²) < 4.78 is 11.9. The van der Waals surface area contributed by atoms with Gasteiger partial charge >= 0.3 is 0 Å². The summed E-state index contributed by atoms with van der Waals surface area (Å²) in [5.74, 6) is 1.89. The molecule has 1 aromatic carbocycles. The molecule has 0 spiro atoms. The van der Waals surface area contributed by atoms with Crippen molar-refractivity contribution in [2.24, 2.45) is 0 Å². The first-order valence-electron chi connectivity index (χ1n) is 5.55. The van der Waals surface area contributed by atoms with Gasteiger partial charge in [-0.1, -0.05) is 17.3 Å². The van der Waals surface area contributed by atoms with E-state index in [1.165, 1.54) is 0 Å². The molecule has 0 saturated carbocycles. The smallest absolute Gasteiger partial charge is 0.264 e. The number of ether oxygens (including phenoxy) is 1. The van der Waals surface area contributed by atoms with Gasteiger partial charge < -0.3 is 9.26 Å². The average molecular weight is 384 g/mol. The fourth-order valence-electron chi connectivity index (χ4n) is 1.52. The zero-order chi connectivity index (χ0) is 13.1. The molecule has 0 amide bonds. The van der Waals surface area contributed by atoms with Gasteiger partial charge in [0.15, 0.2) is 6.61 Å². The summed E-state index contributed by atoms with van der Waals surface area (Å²) in [5, 5.41) is 7.89. The molecule has 0 fully saturated rings. The van der Waals surface area contributed by atoms with Crippen molar-refractivity contribution in [2.45, 2.75) is 6.61 Å². The zero-order valence-electron chi connectivity index (χ0n) is 9.75. The van der Waals surface area contributed by atoms with Gasteiger partial charge in [0.1, 0.15) is 5.75 Å². The van der Waals surface area contributed by atoms with Crippen LogP contribution in [0.1, 0.15) is 5.89 Å². The van der Waals surface area contributed by atoms with Gasteiger partial charge in [-0.05, 0) is 46.2 Å². The second-order valence-corrected chi connectivity index (χ2v) is 5.69. The third kappa shape index (κ3) is 2.95. The summed E-state index contributed by atoms with van der Waals surface area (Å²) in [7, 11) is 0.